The standard InChI is InChI=1S/C27H23NO5S/c1-18-6-10-21(11-7-18)26(30)33-23-5-3-4-20(16-23)17-24-25(29)28(27(31)34-24)14-15-32-22-12-8-19(2)9-13-22/h3-13,16-17H,14-15H2,1-2H3/b24-17-. The van der Waals surface area contributed by atoms with Gasteiger partial charge in [-0.1, -0.05) is 47.5 Å². The normalized spacial score (nSPS) is 14.5. The Morgan fingerprint density at radius 2 is 1.59 bits per heavy atom. The van der Waals surface area contributed by atoms with Gasteiger partial charge in [-0.05, 0) is 73.6 Å². The van der Waals surface area contributed by atoms with E-state index in [2.05, 4.69) is 0 Å². The molecule has 1 aliphatic heterocycles. The maximum Gasteiger partial charge on any atom is 0.343 e. The molecular weight excluding hydrogens is 450 g/mol. The van der Waals surface area contributed by atoms with Crippen molar-refractivity contribution < 1.29 is 23.9 Å². The number of ether oxygens (including phenoxy) is 2. The second-order valence-electron chi connectivity index (χ2n) is 7.82. The molecule has 172 valence electrons. The summed E-state index contributed by atoms with van der Waals surface area (Å²) in [6.07, 6.45) is 1.62. The summed E-state index contributed by atoms with van der Waals surface area (Å²) in [7, 11) is 0. The zero-order valence-corrected chi connectivity index (χ0v) is 19.6. The fraction of sp³-hybridized carbons (Fsp3) is 0.148. The average Bonchev–Trinajstić information content (AvgIpc) is 3.08. The van der Waals surface area contributed by atoms with Gasteiger partial charge in [0.2, 0.25) is 0 Å². The molecule has 1 heterocycles. The van der Waals surface area contributed by atoms with Gasteiger partial charge in [0.25, 0.3) is 11.1 Å². The topological polar surface area (TPSA) is 72.9 Å². The van der Waals surface area contributed by atoms with E-state index < -0.39 is 5.97 Å². The van der Waals surface area contributed by atoms with Crippen molar-refractivity contribution in [3.05, 3.63) is 100.0 Å². The maximum absolute atomic E-state index is 12.8. The Labute approximate surface area is 202 Å². The molecule has 4 rings (SSSR count). The highest BCUT2D eigenvalue weighted by Gasteiger charge is 2.34. The summed E-state index contributed by atoms with van der Waals surface area (Å²) in [5.41, 5.74) is 3.27. The van der Waals surface area contributed by atoms with Crippen molar-refractivity contribution in [2.45, 2.75) is 13.8 Å². The van der Waals surface area contributed by atoms with E-state index in [1.807, 2.05) is 50.2 Å². The SMILES string of the molecule is Cc1ccc(OCCN2C(=O)S/C(=C\c3cccc(OC(=O)c4ccc(C)cc4)c3)C2=O)cc1. The van der Waals surface area contributed by atoms with Crippen molar-refractivity contribution in [2.75, 3.05) is 13.2 Å². The number of esters is 1. The first kappa shape index (κ1) is 23.3. The average molecular weight is 474 g/mol. The summed E-state index contributed by atoms with van der Waals surface area (Å²) in [5.74, 6) is 0.200. The van der Waals surface area contributed by atoms with E-state index in [9.17, 15) is 14.4 Å². The molecule has 34 heavy (non-hydrogen) atoms. The zero-order chi connectivity index (χ0) is 24.1. The number of carbonyl (C=O) groups excluding carboxylic acids is 3. The van der Waals surface area contributed by atoms with Crippen molar-refractivity contribution in [1.82, 2.24) is 4.90 Å². The monoisotopic (exact) mass is 473 g/mol. The van der Waals surface area contributed by atoms with E-state index in [0.29, 0.717) is 27.5 Å². The van der Waals surface area contributed by atoms with Crippen LogP contribution in [0, 0.1) is 13.8 Å². The molecule has 0 spiro atoms. The minimum absolute atomic E-state index is 0.157. The van der Waals surface area contributed by atoms with Crippen molar-refractivity contribution in [1.29, 1.82) is 0 Å². The number of benzene rings is 3. The predicted molar refractivity (Wildman–Crippen MR) is 132 cm³/mol. The Morgan fingerprint density at radius 1 is 0.912 bits per heavy atom. The molecule has 3 aromatic rings. The smallest absolute Gasteiger partial charge is 0.343 e. The molecule has 0 N–H and O–H groups in total. The number of imide groups is 1. The highest BCUT2D eigenvalue weighted by atomic mass is 32.2. The predicted octanol–water partition coefficient (Wildman–Crippen LogP) is 5.64. The highest BCUT2D eigenvalue weighted by molar-refractivity contribution is 8.18. The molecule has 7 heteroatoms. The summed E-state index contributed by atoms with van der Waals surface area (Å²) >= 11 is 0.878. The van der Waals surface area contributed by atoms with Crippen LogP contribution in [0.2, 0.25) is 0 Å². The van der Waals surface area contributed by atoms with E-state index in [-0.39, 0.29) is 24.3 Å². The third-order valence-corrected chi connectivity index (χ3v) is 6.04. The molecule has 0 bridgehead atoms. The Kier molecular flexibility index (Phi) is 7.13. The zero-order valence-electron chi connectivity index (χ0n) is 18.8. The van der Waals surface area contributed by atoms with E-state index in [1.54, 1.807) is 42.5 Å². The Bertz CT molecular complexity index is 1250. The van der Waals surface area contributed by atoms with Crippen LogP contribution in [0.4, 0.5) is 4.79 Å². The summed E-state index contributed by atoms with van der Waals surface area (Å²) in [4.78, 5) is 39.0. The summed E-state index contributed by atoms with van der Waals surface area (Å²) in [6.45, 7) is 4.29. The molecule has 0 aliphatic carbocycles. The van der Waals surface area contributed by atoms with Gasteiger partial charge in [-0.3, -0.25) is 14.5 Å². The number of thioether (sulfide) groups is 1. The second-order valence-corrected chi connectivity index (χ2v) is 8.82. The highest BCUT2D eigenvalue weighted by Crippen LogP contribution is 2.32. The largest absolute Gasteiger partial charge is 0.492 e. The second kappa shape index (κ2) is 10.4. The van der Waals surface area contributed by atoms with Crippen molar-refractivity contribution in [3.63, 3.8) is 0 Å². The third kappa shape index (κ3) is 5.74. The van der Waals surface area contributed by atoms with Crippen LogP contribution in [0.1, 0.15) is 27.0 Å². The first-order valence-electron chi connectivity index (χ1n) is 10.7. The Hall–Kier alpha value is -3.84. The van der Waals surface area contributed by atoms with Crippen LogP contribution in [0.5, 0.6) is 11.5 Å². The molecule has 0 radical (unpaired) electrons. The van der Waals surface area contributed by atoms with E-state index >= 15 is 0 Å². The van der Waals surface area contributed by atoms with Crippen LogP contribution < -0.4 is 9.47 Å². The van der Waals surface area contributed by atoms with Gasteiger partial charge in [-0.25, -0.2) is 4.79 Å². The lowest BCUT2D eigenvalue weighted by atomic mass is 10.1. The molecule has 3 aromatic carbocycles. The number of rotatable bonds is 7. The summed E-state index contributed by atoms with van der Waals surface area (Å²) in [5, 5.41) is -0.342. The minimum atomic E-state index is -0.467. The van der Waals surface area contributed by atoms with Gasteiger partial charge in [-0.15, -0.1) is 0 Å². The van der Waals surface area contributed by atoms with Gasteiger partial charge < -0.3 is 9.47 Å². The van der Waals surface area contributed by atoms with Gasteiger partial charge in [-0.2, -0.15) is 0 Å². The molecule has 6 nitrogen and oxygen atoms in total. The van der Waals surface area contributed by atoms with Crippen LogP contribution in [0.3, 0.4) is 0 Å². The van der Waals surface area contributed by atoms with Gasteiger partial charge in [0.15, 0.2) is 0 Å². The number of amides is 2. The molecule has 1 saturated heterocycles. The van der Waals surface area contributed by atoms with Crippen LogP contribution in [-0.4, -0.2) is 35.2 Å². The molecule has 1 aliphatic rings. The molecule has 0 saturated carbocycles. The fourth-order valence-electron chi connectivity index (χ4n) is 3.26. The van der Waals surface area contributed by atoms with E-state index in [0.717, 1.165) is 22.9 Å². The number of hydrogen-bond donors (Lipinski definition) is 0. The van der Waals surface area contributed by atoms with Crippen LogP contribution in [0.25, 0.3) is 6.08 Å². The van der Waals surface area contributed by atoms with E-state index in [4.69, 9.17) is 9.47 Å². The Balaban J connectivity index is 1.39. The molecule has 0 unspecified atom stereocenters. The number of hydrogen-bond acceptors (Lipinski definition) is 6. The molecular formula is C27H23NO5S. The van der Waals surface area contributed by atoms with Crippen LogP contribution >= 0.6 is 11.8 Å². The van der Waals surface area contributed by atoms with Gasteiger partial charge in [0.1, 0.15) is 18.1 Å². The quantitative estimate of drug-likeness (QED) is 0.251. The first-order valence-corrected chi connectivity index (χ1v) is 11.5. The number of carbonyl (C=O) groups is 3. The minimum Gasteiger partial charge on any atom is -0.492 e. The summed E-state index contributed by atoms with van der Waals surface area (Å²) in [6, 6.07) is 21.5. The third-order valence-electron chi connectivity index (χ3n) is 5.13. The maximum atomic E-state index is 12.8. The number of aryl methyl sites for hydroxylation is 2. The Morgan fingerprint density at radius 3 is 2.29 bits per heavy atom. The van der Waals surface area contributed by atoms with Gasteiger partial charge in [0, 0.05) is 0 Å². The molecule has 2 amide bonds. The first-order chi connectivity index (χ1) is 16.4. The fourth-order valence-corrected chi connectivity index (χ4v) is 4.12. The molecule has 1 fully saturated rings. The van der Waals surface area contributed by atoms with Gasteiger partial charge >= 0.3 is 5.97 Å². The van der Waals surface area contributed by atoms with Crippen molar-refractivity contribution in [2.24, 2.45) is 0 Å². The van der Waals surface area contributed by atoms with Gasteiger partial charge in [0.05, 0.1) is 17.0 Å². The lowest BCUT2D eigenvalue weighted by Gasteiger charge is -2.13. The molecule has 0 atom stereocenters. The lowest BCUT2D eigenvalue weighted by Crippen LogP contribution is -2.32. The van der Waals surface area contributed by atoms with Crippen molar-refractivity contribution >= 4 is 35.0 Å². The summed E-state index contributed by atoms with van der Waals surface area (Å²) < 4.78 is 11.1. The molecule has 0 aromatic heterocycles. The lowest BCUT2D eigenvalue weighted by molar-refractivity contribution is -0.123. The van der Waals surface area contributed by atoms with Crippen LogP contribution in [-0.2, 0) is 4.79 Å². The van der Waals surface area contributed by atoms with Crippen LogP contribution in [0.15, 0.2) is 77.7 Å². The van der Waals surface area contributed by atoms with E-state index in [1.165, 1.54) is 4.90 Å². The number of nitrogens with zero attached hydrogens (tertiary/aromatic N) is 1. The van der Waals surface area contributed by atoms with Crippen molar-refractivity contribution in [3.8, 4) is 11.5 Å².